The number of rotatable bonds is 10. The van der Waals surface area contributed by atoms with Gasteiger partial charge in [-0.2, -0.15) is 18.3 Å². The number of aromatic nitrogens is 5. The van der Waals surface area contributed by atoms with Crippen molar-refractivity contribution in [1.82, 2.24) is 29.5 Å². The lowest BCUT2D eigenvalue weighted by Crippen LogP contribution is -2.28. The molecule has 0 saturated carbocycles. The number of nitrogens with two attached hydrogens (primary N) is 1. The molecule has 4 N–H and O–H groups in total. The van der Waals surface area contributed by atoms with Gasteiger partial charge in [0.05, 0.1) is 30.7 Å². The second kappa shape index (κ2) is 11.0. The van der Waals surface area contributed by atoms with Gasteiger partial charge < -0.3 is 21.1 Å². The molecule has 0 aliphatic heterocycles. The fourth-order valence-corrected chi connectivity index (χ4v) is 3.93. The van der Waals surface area contributed by atoms with Gasteiger partial charge >= 0.3 is 6.18 Å². The van der Waals surface area contributed by atoms with Crippen molar-refractivity contribution in [3.05, 3.63) is 59.8 Å². The zero-order valence-corrected chi connectivity index (χ0v) is 20.3. The van der Waals surface area contributed by atoms with Crippen LogP contribution in [0.15, 0.2) is 43.0 Å². The maximum absolute atomic E-state index is 13.5. The third-order valence-electron chi connectivity index (χ3n) is 5.59. The zero-order valence-electron chi connectivity index (χ0n) is 20.3. The molecule has 13 heteroatoms. The topological polar surface area (TPSA) is 124 Å². The molecular formula is C24H27F3N8O2. The van der Waals surface area contributed by atoms with Gasteiger partial charge in [-0.05, 0) is 30.2 Å². The van der Waals surface area contributed by atoms with Gasteiger partial charge in [0.1, 0.15) is 0 Å². The number of halogens is 3. The molecule has 0 saturated heterocycles. The number of hydrogen-bond acceptors (Lipinski definition) is 7. The summed E-state index contributed by atoms with van der Waals surface area (Å²) in [6, 6.07) is 5.27. The third-order valence-corrected chi connectivity index (χ3v) is 5.59. The Bertz CT molecular complexity index is 1400. The Labute approximate surface area is 210 Å². The maximum atomic E-state index is 13.5. The Hall–Kier alpha value is -3.97. The number of amides is 1. The Morgan fingerprint density at radius 3 is 2.76 bits per heavy atom. The number of anilines is 2. The van der Waals surface area contributed by atoms with Crippen LogP contribution >= 0.6 is 0 Å². The number of fused-ring (bicyclic) bond motifs is 1. The second-order valence-electron chi connectivity index (χ2n) is 8.18. The van der Waals surface area contributed by atoms with E-state index < -0.39 is 11.9 Å². The van der Waals surface area contributed by atoms with Gasteiger partial charge in [-0.25, -0.2) is 9.97 Å². The van der Waals surface area contributed by atoms with Gasteiger partial charge in [-0.1, -0.05) is 6.92 Å². The number of carbonyl (C=O) groups is 1. The van der Waals surface area contributed by atoms with E-state index in [1.165, 1.54) is 36.2 Å². The van der Waals surface area contributed by atoms with Crippen molar-refractivity contribution in [2.75, 3.05) is 31.6 Å². The first-order valence-electron chi connectivity index (χ1n) is 11.6. The van der Waals surface area contributed by atoms with E-state index in [0.717, 1.165) is 10.2 Å². The van der Waals surface area contributed by atoms with Gasteiger partial charge in [-0.15, -0.1) is 0 Å². The van der Waals surface area contributed by atoms with Crippen LogP contribution in [0.3, 0.4) is 0 Å². The summed E-state index contributed by atoms with van der Waals surface area (Å²) in [5, 5.41) is 9.57. The van der Waals surface area contributed by atoms with Crippen molar-refractivity contribution in [2.45, 2.75) is 19.5 Å². The zero-order chi connectivity index (χ0) is 26.6. The van der Waals surface area contributed by atoms with Gasteiger partial charge in [0.2, 0.25) is 0 Å². The molecule has 0 atom stereocenters. The Morgan fingerprint density at radius 1 is 1.22 bits per heavy atom. The minimum atomic E-state index is -4.61. The number of hydrogen-bond donors (Lipinski definition) is 3. The van der Waals surface area contributed by atoms with Crippen LogP contribution in [0.25, 0.3) is 16.9 Å². The molecule has 0 spiro atoms. The molecule has 0 unspecified atom stereocenters. The summed E-state index contributed by atoms with van der Waals surface area (Å²) >= 11 is 0. The first kappa shape index (κ1) is 26.1. The standard InChI is InChI=1S/C24H27F3N8O2/c1-3-15-12-16(4-5-17(15)23(36)30-8-11-37-10-6-28)32-21-22-31-13-19(35(22)9-7-29-21)18-14-34(2)33-20(18)24(25,26)27/h4-5,7,9,12-14H,3,6,8,10-11,28H2,1-2H3,(H,29,32)(H,30,36). The van der Waals surface area contributed by atoms with E-state index in [1.807, 2.05) is 13.0 Å². The molecule has 0 aliphatic rings. The fraction of sp³-hybridized carbons (Fsp3) is 0.333. The normalized spacial score (nSPS) is 11.7. The molecule has 1 amide bonds. The highest BCUT2D eigenvalue weighted by atomic mass is 19.4. The SMILES string of the molecule is CCc1cc(Nc2nccn3c(-c4cn(C)nc4C(F)(F)F)cnc23)ccc1C(=O)NCCOCCN. The number of ether oxygens (including phenoxy) is 1. The van der Waals surface area contributed by atoms with E-state index in [4.69, 9.17) is 10.5 Å². The number of imidazole rings is 1. The lowest BCUT2D eigenvalue weighted by Gasteiger charge is -2.13. The van der Waals surface area contributed by atoms with Crippen LogP contribution in [-0.4, -0.2) is 56.4 Å². The Kier molecular flexibility index (Phi) is 7.74. The van der Waals surface area contributed by atoms with Crippen LogP contribution in [0.4, 0.5) is 24.7 Å². The summed E-state index contributed by atoms with van der Waals surface area (Å²) in [6.07, 6.45) is 1.67. The molecular weight excluding hydrogens is 489 g/mol. The van der Waals surface area contributed by atoms with Crippen molar-refractivity contribution in [3.8, 4) is 11.3 Å². The lowest BCUT2D eigenvalue weighted by molar-refractivity contribution is -0.141. The highest BCUT2D eigenvalue weighted by Gasteiger charge is 2.38. The second-order valence-corrected chi connectivity index (χ2v) is 8.18. The first-order chi connectivity index (χ1) is 17.7. The van der Waals surface area contributed by atoms with Crippen molar-refractivity contribution in [2.24, 2.45) is 12.8 Å². The van der Waals surface area contributed by atoms with Crippen molar-refractivity contribution in [1.29, 1.82) is 0 Å². The quantitative estimate of drug-likeness (QED) is 0.277. The molecule has 10 nitrogen and oxygen atoms in total. The summed E-state index contributed by atoms with van der Waals surface area (Å²) in [5.41, 5.74) is 6.88. The monoisotopic (exact) mass is 516 g/mol. The van der Waals surface area contributed by atoms with E-state index in [0.29, 0.717) is 55.4 Å². The van der Waals surface area contributed by atoms with Gasteiger partial charge in [0.25, 0.3) is 5.91 Å². The summed E-state index contributed by atoms with van der Waals surface area (Å²) in [4.78, 5) is 21.3. The minimum absolute atomic E-state index is 0.0864. The predicted octanol–water partition coefficient (Wildman–Crippen LogP) is 3.16. The van der Waals surface area contributed by atoms with Crippen molar-refractivity contribution >= 4 is 23.1 Å². The van der Waals surface area contributed by atoms with E-state index in [1.54, 1.807) is 12.1 Å². The van der Waals surface area contributed by atoms with Gasteiger partial charge in [0.15, 0.2) is 17.2 Å². The summed E-state index contributed by atoms with van der Waals surface area (Å²) < 4.78 is 48.5. The molecule has 4 aromatic rings. The summed E-state index contributed by atoms with van der Waals surface area (Å²) in [6.45, 7) is 3.52. The average Bonchev–Trinajstić information content (AvgIpc) is 3.47. The number of nitrogens with one attached hydrogen (secondary N) is 2. The summed E-state index contributed by atoms with van der Waals surface area (Å²) in [7, 11) is 1.43. The van der Waals surface area contributed by atoms with Crippen molar-refractivity contribution < 1.29 is 22.7 Å². The molecule has 4 rings (SSSR count). The minimum Gasteiger partial charge on any atom is -0.378 e. The van der Waals surface area contributed by atoms with E-state index in [-0.39, 0.29) is 17.2 Å². The highest BCUT2D eigenvalue weighted by Crippen LogP contribution is 2.36. The van der Waals surface area contributed by atoms with E-state index in [2.05, 4.69) is 25.7 Å². The maximum Gasteiger partial charge on any atom is 0.435 e. The third kappa shape index (κ3) is 5.73. The van der Waals surface area contributed by atoms with Crippen LogP contribution in [0.2, 0.25) is 0 Å². The van der Waals surface area contributed by atoms with E-state index >= 15 is 0 Å². The van der Waals surface area contributed by atoms with Crippen LogP contribution in [0, 0.1) is 0 Å². The summed E-state index contributed by atoms with van der Waals surface area (Å²) in [5.74, 6) is 0.136. The Morgan fingerprint density at radius 2 is 2.03 bits per heavy atom. The molecule has 196 valence electrons. The first-order valence-corrected chi connectivity index (χ1v) is 11.6. The lowest BCUT2D eigenvalue weighted by atomic mass is 10.0. The van der Waals surface area contributed by atoms with E-state index in [9.17, 15) is 18.0 Å². The van der Waals surface area contributed by atoms with Crippen LogP contribution in [0.5, 0.6) is 0 Å². The molecule has 1 aromatic carbocycles. The predicted molar refractivity (Wildman–Crippen MR) is 132 cm³/mol. The molecule has 0 aliphatic carbocycles. The highest BCUT2D eigenvalue weighted by molar-refractivity contribution is 5.96. The van der Waals surface area contributed by atoms with Crippen LogP contribution < -0.4 is 16.4 Å². The number of aryl methyl sites for hydroxylation is 2. The fourth-order valence-electron chi connectivity index (χ4n) is 3.93. The largest absolute Gasteiger partial charge is 0.435 e. The Balaban J connectivity index is 1.58. The van der Waals surface area contributed by atoms with Crippen molar-refractivity contribution in [3.63, 3.8) is 0 Å². The smallest absolute Gasteiger partial charge is 0.378 e. The number of benzene rings is 1. The number of carbonyl (C=O) groups excluding carboxylic acids is 1. The molecule has 0 fully saturated rings. The van der Waals surface area contributed by atoms with Gasteiger partial charge in [0, 0.05) is 50.0 Å². The van der Waals surface area contributed by atoms with Crippen LogP contribution in [-0.2, 0) is 24.4 Å². The van der Waals surface area contributed by atoms with Gasteiger partial charge in [-0.3, -0.25) is 13.9 Å². The molecule has 0 radical (unpaired) electrons. The van der Waals surface area contributed by atoms with Crippen LogP contribution in [0.1, 0.15) is 28.5 Å². The average molecular weight is 517 g/mol. The number of nitrogens with zero attached hydrogens (tertiary/aromatic N) is 5. The number of alkyl halides is 3. The molecule has 3 aromatic heterocycles. The molecule has 37 heavy (non-hydrogen) atoms. The molecule has 0 bridgehead atoms. The molecule has 3 heterocycles.